The molecule has 1 unspecified atom stereocenters. The summed E-state index contributed by atoms with van der Waals surface area (Å²) in [4.78, 5) is 5.10. The third-order valence-electron chi connectivity index (χ3n) is 4.42. The largest absolute Gasteiger partial charge is 0.492 e. The first-order valence-electron chi connectivity index (χ1n) is 8.10. The summed E-state index contributed by atoms with van der Waals surface area (Å²) in [5, 5.41) is 0. The van der Waals surface area contributed by atoms with E-state index in [9.17, 15) is 0 Å². The summed E-state index contributed by atoms with van der Waals surface area (Å²) in [5.41, 5.74) is 0. The van der Waals surface area contributed by atoms with Crippen molar-refractivity contribution in [1.29, 1.82) is 0 Å². The molecule has 4 nitrogen and oxygen atoms in total. The molecule has 2 aliphatic rings. The van der Waals surface area contributed by atoms with Crippen LogP contribution in [0.2, 0.25) is 0 Å². The molecule has 2 fully saturated rings. The van der Waals surface area contributed by atoms with Crippen molar-refractivity contribution in [3.8, 4) is 5.75 Å². The zero-order valence-corrected chi connectivity index (χ0v) is 12.7. The van der Waals surface area contributed by atoms with E-state index in [2.05, 4.69) is 9.80 Å². The van der Waals surface area contributed by atoms with Gasteiger partial charge in [0.1, 0.15) is 12.4 Å². The van der Waals surface area contributed by atoms with Crippen molar-refractivity contribution < 1.29 is 9.47 Å². The first kappa shape index (κ1) is 14.8. The summed E-state index contributed by atoms with van der Waals surface area (Å²) < 4.78 is 11.2. The first-order chi connectivity index (χ1) is 10.4. The van der Waals surface area contributed by atoms with E-state index < -0.39 is 0 Å². The lowest BCUT2D eigenvalue weighted by molar-refractivity contribution is 0.100. The topological polar surface area (TPSA) is 24.9 Å². The average molecular weight is 290 g/mol. The molecule has 0 spiro atoms. The first-order valence-corrected chi connectivity index (χ1v) is 8.10. The number of nitrogens with zero attached hydrogens (tertiary/aromatic N) is 2. The van der Waals surface area contributed by atoms with E-state index in [-0.39, 0.29) is 0 Å². The molecule has 0 saturated carbocycles. The fourth-order valence-electron chi connectivity index (χ4n) is 3.10. The highest BCUT2D eigenvalue weighted by Crippen LogP contribution is 2.15. The van der Waals surface area contributed by atoms with Crippen LogP contribution in [-0.4, -0.2) is 68.9 Å². The van der Waals surface area contributed by atoms with Crippen LogP contribution in [0, 0.1) is 5.92 Å². The molecule has 2 aliphatic heterocycles. The van der Waals surface area contributed by atoms with Gasteiger partial charge in [-0.1, -0.05) is 18.2 Å². The molecule has 0 N–H and O–H groups in total. The predicted octanol–water partition coefficient (Wildman–Crippen LogP) is 1.72. The number of para-hydroxylation sites is 1. The summed E-state index contributed by atoms with van der Waals surface area (Å²) in [7, 11) is 0. The van der Waals surface area contributed by atoms with Gasteiger partial charge in [0, 0.05) is 45.9 Å². The average Bonchev–Trinajstić information content (AvgIpc) is 3.03. The Morgan fingerprint density at radius 2 is 1.81 bits per heavy atom. The molecule has 116 valence electrons. The highest BCUT2D eigenvalue weighted by atomic mass is 16.5. The quantitative estimate of drug-likeness (QED) is 0.796. The number of hydrogen-bond donors (Lipinski definition) is 0. The van der Waals surface area contributed by atoms with Crippen LogP contribution in [0.5, 0.6) is 5.75 Å². The Morgan fingerprint density at radius 3 is 2.52 bits per heavy atom. The van der Waals surface area contributed by atoms with Crippen molar-refractivity contribution in [2.45, 2.75) is 6.42 Å². The monoisotopic (exact) mass is 290 g/mol. The molecule has 1 atom stereocenters. The summed E-state index contributed by atoms with van der Waals surface area (Å²) in [6.07, 6.45) is 1.24. The zero-order chi connectivity index (χ0) is 14.3. The van der Waals surface area contributed by atoms with Gasteiger partial charge in [-0.05, 0) is 24.5 Å². The SMILES string of the molecule is c1ccc(OCCN2CCN(CC3CCOC3)CC2)cc1. The van der Waals surface area contributed by atoms with Gasteiger partial charge in [-0.3, -0.25) is 4.90 Å². The number of benzene rings is 1. The van der Waals surface area contributed by atoms with Crippen molar-refractivity contribution in [3.05, 3.63) is 30.3 Å². The van der Waals surface area contributed by atoms with Crippen LogP contribution < -0.4 is 4.74 Å². The lowest BCUT2D eigenvalue weighted by atomic mass is 10.1. The van der Waals surface area contributed by atoms with Crippen LogP contribution in [0.1, 0.15) is 6.42 Å². The van der Waals surface area contributed by atoms with Crippen LogP contribution in [0.3, 0.4) is 0 Å². The van der Waals surface area contributed by atoms with Crippen molar-refractivity contribution in [2.75, 3.05) is 59.1 Å². The minimum absolute atomic E-state index is 0.762. The molecule has 3 rings (SSSR count). The van der Waals surface area contributed by atoms with Crippen LogP contribution in [0.4, 0.5) is 0 Å². The maximum absolute atomic E-state index is 5.77. The summed E-state index contributed by atoms with van der Waals surface area (Å²) >= 11 is 0. The Bertz CT molecular complexity index is 399. The molecule has 2 saturated heterocycles. The number of ether oxygens (including phenoxy) is 2. The second-order valence-electron chi connectivity index (χ2n) is 6.03. The fraction of sp³-hybridized carbons (Fsp3) is 0.647. The second-order valence-corrected chi connectivity index (χ2v) is 6.03. The molecule has 0 radical (unpaired) electrons. The van der Waals surface area contributed by atoms with E-state index in [1.807, 2.05) is 30.3 Å². The predicted molar refractivity (Wildman–Crippen MR) is 83.7 cm³/mol. The van der Waals surface area contributed by atoms with Gasteiger partial charge in [0.15, 0.2) is 0 Å². The van der Waals surface area contributed by atoms with Gasteiger partial charge in [-0.2, -0.15) is 0 Å². The van der Waals surface area contributed by atoms with Gasteiger partial charge < -0.3 is 14.4 Å². The molecular formula is C17H26N2O2. The Labute approximate surface area is 127 Å². The molecule has 1 aromatic carbocycles. The van der Waals surface area contributed by atoms with Crippen LogP contribution in [-0.2, 0) is 4.74 Å². The van der Waals surface area contributed by atoms with Crippen LogP contribution in [0.15, 0.2) is 30.3 Å². The molecule has 0 bridgehead atoms. The molecule has 2 heterocycles. The molecule has 1 aromatic rings. The van der Waals surface area contributed by atoms with Crippen molar-refractivity contribution >= 4 is 0 Å². The zero-order valence-electron chi connectivity index (χ0n) is 12.7. The lowest BCUT2D eigenvalue weighted by Gasteiger charge is -2.35. The number of hydrogen-bond acceptors (Lipinski definition) is 4. The maximum Gasteiger partial charge on any atom is 0.119 e. The van der Waals surface area contributed by atoms with Gasteiger partial charge in [-0.25, -0.2) is 0 Å². The van der Waals surface area contributed by atoms with E-state index in [0.717, 1.165) is 51.1 Å². The molecule has 0 amide bonds. The third kappa shape index (κ3) is 4.70. The Hall–Kier alpha value is -1.10. The van der Waals surface area contributed by atoms with E-state index in [1.54, 1.807) is 0 Å². The van der Waals surface area contributed by atoms with E-state index in [4.69, 9.17) is 9.47 Å². The maximum atomic E-state index is 5.77. The standard InChI is InChI=1S/C17H26N2O2/c1-2-4-17(5-3-1)21-13-11-18-7-9-19(10-8-18)14-16-6-12-20-15-16/h1-5,16H,6-15H2. The van der Waals surface area contributed by atoms with Crippen molar-refractivity contribution in [1.82, 2.24) is 9.80 Å². The van der Waals surface area contributed by atoms with Crippen LogP contribution >= 0.6 is 0 Å². The van der Waals surface area contributed by atoms with Gasteiger partial charge in [-0.15, -0.1) is 0 Å². The lowest BCUT2D eigenvalue weighted by Crippen LogP contribution is -2.48. The van der Waals surface area contributed by atoms with E-state index >= 15 is 0 Å². The summed E-state index contributed by atoms with van der Waals surface area (Å²) in [6, 6.07) is 10.1. The number of piperazine rings is 1. The molecule has 0 aromatic heterocycles. The Morgan fingerprint density at radius 1 is 1.05 bits per heavy atom. The smallest absolute Gasteiger partial charge is 0.119 e. The van der Waals surface area contributed by atoms with Crippen molar-refractivity contribution in [2.24, 2.45) is 5.92 Å². The van der Waals surface area contributed by atoms with Gasteiger partial charge in [0.05, 0.1) is 6.61 Å². The molecule has 21 heavy (non-hydrogen) atoms. The Balaban J connectivity index is 1.30. The van der Waals surface area contributed by atoms with E-state index in [1.165, 1.54) is 26.1 Å². The highest BCUT2D eigenvalue weighted by Gasteiger charge is 2.22. The minimum Gasteiger partial charge on any atom is -0.492 e. The highest BCUT2D eigenvalue weighted by molar-refractivity contribution is 5.20. The molecule has 4 heteroatoms. The van der Waals surface area contributed by atoms with E-state index in [0.29, 0.717) is 0 Å². The van der Waals surface area contributed by atoms with Gasteiger partial charge in [0.2, 0.25) is 0 Å². The van der Waals surface area contributed by atoms with Crippen LogP contribution in [0.25, 0.3) is 0 Å². The summed E-state index contributed by atoms with van der Waals surface area (Å²) in [5.74, 6) is 1.73. The Kier molecular flexibility index (Phi) is 5.49. The second kappa shape index (κ2) is 7.78. The summed E-state index contributed by atoms with van der Waals surface area (Å²) in [6.45, 7) is 9.62. The molecule has 0 aliphatic carbocycles. The van der Waals surface area contributed by atoms with Crippen molar-refractivity contribution in [3.63, 3.8) is 0 Å². The van der Waals surface area contributed by atoms with Gasteiger partial charge >= 0.3 is 0 Å². The normalized spacial score (nSPS) is 24.3. The number of rotatable bonds is 6. The fourth-order valence-corrected chi connectivity index (χ4v) is 3.10. The molecular weight excluding hydrogens is 264 g/mol. The third-order valence-corrected chi connectivity index (χ3v) is 4.42. The minimum atomic E-state index is 0.762. The van der Waals surface area contributed by atoms with Gasteiger partial charge in [0.25, 0.3) is 0 Å².